The average Bonchev–Trinajstić information content (AvgIpc) is 3.07. The zero-order valence-corrected chi connectivity index (χ0v) is 16.7. The van der Waals surface area contributed by atoms with Gasteiger partial charge in [0.05, 0.1) is 6.10 Å². The van der Waals surface area contributed by atoms with Crippen molar-refractivity contribution in [1.29, 1.82) is 0 Å². The smallest absolute Gasteiger partial charge is 0.273 e. The predicted molar refractivity (Wildman–Crippen MR) is 106 cm³/mol. The van der Waals surface area contributed by atoms with Crippen LogP contribution in [0.15, 0.2) is 29.6 Å². The van der Waals surface area contributed by atoms with E-state index < -0.39 is 0 Å². The molecule has 1 aliphatic rings. The molecule has 140 valence electrons. The molecule has 2 heterocycles. The van der Waals surface area contributed by atoms with Crippen molar-refractivity contribution < 1.29 is 9.53 Å². The van der Waals surface area contributed by atoms with Gasteiger partial charge in [0.1, 0.15) is 16.5 Å². The molecule has 6 heteroatoms. The van der Waals surface area contributed by atoms with E-state index in [-0.39, 0.29) is 23.5 Å². The summed E-state index contributed by atoms with van der Waals surface area (Å²) < 4.78 is 5.67. The minimum absolute atomic E-state index is 0.00719. The summed E-state index contributed by atoms with van der Waals surface area (Å²) in [6, 6.07) is 7.96. The molecule has 3 rings (SSSR count). The number of amides is 1. The number of piperidine rings is 1. The molecule has 1 aliphatic heterocycles. The van der Waals surface area contributed by atoms with Crippen LogP contribution >= 0.6 is 11.3 Å². The summed E-state index contributed by atoms with van der Waals surface area (Å²) in [5.74, 6) is 0.829. The van der Waals surface area contributed by atoms with Gasteiger partial charge in [0.25, 0.3) is 5.91 Å². The van der Waals surface area contributed by atoms with Crippen molar-refractivity contribution in [3.05, 3.63) is 35.3 Å². The summed E-state index contributed by atoms with van der Waals surface area (Å²) >= 11 is 1.49. The molecule has 0 saturated carbocycles. The first-order valence-corrected chi connectivity index (χ1v) is 9.92. The average molecular weight is 374 g/mol. The molecule has 0 aliphatic carbocycles. The molecule has 2 aromatic rings. The lowest BCUT2D eigenvalue weighted by Gasteiger charge is -2.42. The molecule has 1 unspecified atom stereocenters. The molecule has 0 spiro atoms. The van der Waals surface area contributed by atoms with Crippen molar-refractivity contribution in [3.8, 4) is 16.3 Å². The number of ether oxygens (including phenoxy) is 1. The molecule has 1 saturated heterocycles. The van der Waals surface area contributed by atoms with Gasteiger partial charge in [-0.15, -0.1) is 11.3 Å². The highest BCUT2D eigenvalue weighted by atomic mass is 32.1. The third-order valence-electron chi connectivity index (χ3n) is 4.80. The van der Waals surface area contributed by atoms with Gasteiger partial charge in [0.2, 0.25) is 0 Å². The van der Waals surface area contributed by atoms with Gasteiger partial charge < -0.3 is 15.4 Å². The third-order valence-corrected chi connectivity index (χ3v) is 5.69. The molecule has 1 amide bonds. The molecule has 1 aromatic carbocycles. The fourth-order valence-electron chi connectivity index (χ4n) is 3.16. The lowest BCUT2D eigenvalue weighted by atomic mass is 9.79. The molecule has 1 atom stereocenters. The van der Waals surface area contributed by atoms with Gasteiger partial charge in [-0.2, -0.15) is 0 Å². The predicted octanol–water partition coefficient (Wildman–Crippen LogP) is 3.80. The Labute approximate surface area is 159 Å². The zero-order valence-electron chi connectivity index (χ0n) is 15.9. The van der Waals surface area contributed by atoms with Crippen molar-refractivity contribution in [2.24, 2.45) is 11.1 Å². The maximum absolute atomic E-state index is 12.8. The topological polar surface area (TPSA) is 68.5 Å². The summed E-state index contributed by atoms with van der Waals surface area (Å²) in [4.78, 5) is 19.3. The van der Waals surface area contributed by atoms with Crippen molar-refractivity contribution >= 4 is 17.2 Å². The number of hydrogen-bond acceptors (Lipinski definition) is 5. The Hall–Kier alpha value is -1.92. The van der Waals surface area contributed by atoms with Crippen LogP contribution in [0.25, 0.3) is 10.6 Å². The van der Waals surface area contributed by atoms with Crippen LogP contribution in [0.4, 0.5) is 0 Å². The van der Waals surface area contributed by atoms with Gasteiger partial charge in [-0.05, 0) is 49.9 Å². The number of carbonyl (C=O) groups is 1. The Morgan fingerprint density at radius 3 is 2.65 bits per heavy atom. The minimum atomic E-state index is -0.0704. The van der Waals surface area contributed by atoms with Gasteiger partial charge in [-0.25, -0.2) is 4.98 Å². The van der Waals surface area contributed by atoms with Gasteiger partial charge in [-0.3, -0.25) is 4.79 Å². The van der Waals surface area contributed by atoms with Crippen molar-refractivity contribution in [2.75, 3.05) is 13.1 Å². The molecular weight excluding hydrogens is 346 g/mol. The van der Waals surface area contributed by atoms with E-state index in [1.54, 1.807) is 0 Å². The monoisotopic (exact) mass is 373 g/mol. The number of carbonyl (C=O) groups excluding carboxylic acids is 1. The zero-order chi connectivity index (χ0) is 18.9. The summed E-state index contributed by atoms with van der Waals surface area (Å²) in [6.45, 7) is 9.59. The van der Waals surface area contributed by atoms with Crippen LogP contribution in [-0.2, 0) is 0 Å². The van der Waals surface area contributed by atoms with Crippen LogP contribution in [-0.4, -0.2) is 41.0 Å². The second-order valence-corrected chi connectivity index (χ2v) is 8.70. The SMILES string of the molecule is CC(C)Oc1ccc(-c2nc(C(=O)N3CCC(N)C(C)(C)C3)cs2)cc1. The fraction of sp³-hybridized carbons (Fsp3) is 0.500. The van der Waals surface area contributed by atoms with E-state index in [1.807, 2.05) is 48.4 Å². The van der Waals surface area contributed by atoms with Crippen LogP contribution in [0, 0.1) is 5.41 Å². The molecule has 1 fully saturated rings. The van der Waals surface area contributed by atoms with E-state index >= 15 is 0 Å². The van der Waals surface area contributed by atoms with Gasteiger partial charge in [0.15, 0.2) is 0 Å². The second-order valence-electron chi connectivity index (χ2n) is 7.84. The van der Waals surface area contributed by atoms with Crippen LogP contribution in [0.3, 0.4) is 0 Å². The highest BCUT2D eigenvalue weighted by molar-refractivity contribution is 7.13. The number of thiazole rings is 1. The maximum atomic E-state index is 12.8. The largest absolute Gasteiger partial charge is 0.491 e. The van der Waals surface area contributed by atoms with Gasteiger partial charge in [0, 0.05) is 30.1 Å². The number of likely N-dealkylation sites (tertiary alicyclic amines) is 1. The molecule has 1 aromatic heterocycles. The van der Waals surface area contributed by atoms with E-state index in [2.05, 4.69) is 18.8 Å². The normalized spacial score (nSPS) is 19.6. The minimum Gasteiger partial charge on any atom is -0.491 e. The summed E-state index contributed by atoms with van der Waals surface area (Å²) in [5.41, 5.74) is 7.61. The van der Waals surface area contributed by atoms with Gasteiger partial charge in [-0.1, -0.05) is 13.8 Å². The standard InChI is InChI=1S/C20H27N3O2S/c1-13(2)25-15-7-5-14(6-8-15)18-22-16(11-26-18)19(24)23-10-9-17(21)20(3,4)12-23/h5-8,11,13,17H,9-10,12,21H2,1-4H3. The maximum Gasteiger partial charge on any atom is 0.273 e. The van der Waals surface area contributed by atoms with E-state index in [0.717, 1.165) is 22.7 Å². The highest BCUT2D eigenvalue weighted by Gasteiger charge is 2.36. The molecule has 2 N–H and O–H groups in total. The van der Waals surface area contributed by atoms with E-state index in [9.17, 15) is 4.79 Å². The quantitative estimate of drug-likeness (QED) is 0.885. The number of nitrogens with two attached hydrogens (primary N) is 1. The third kappa shape index (κ3) is 4.07. The first-order valence-electron chi connectivity index (χ1n) is 9.04. The van der Waals surface area contributed by atoms with Crippen LogP contribution in [0.1, 0.15) is 44.6 Å². The molecule has 0 bridgehead atoms. The van der Waals surface area contributed by atoms with Crippen LogP contribution in [0.5, 0.6) is 5.75 Å². The lowest BCUT2D eigenvalue weighted by molar-refractivity contribution is 0.0528. The van der Waals surface area contributed by atoms with Crippen LogP contribution in [0.2, 0.25) is 0 Å². The Kier molecular flexibility index (Phi) is 5.34. The van der Waals surface area contributed by atoms with E-state index in [1.165, 1.54) is 11.3 Å². The number of hydrogen-bond donors (Lipinski definition) is 1. The number of aromatic nitrogens is 1. The van der Waals surface area contributed by atoms with E-state index in [4.69, 9.17) is 10.5 Å². The van der Waals surface area contributed by atoms with Crippen LogP contribution < -0.4 is 10.5 Å². The molecular formula is C20H27N3O2S. The second kappa shape index (κ2) is 7.37. The van der Waals surface area contributed by atoms with Crippen molar-refractivity contribution in [3.63, 3.8) is 0 Å². The Balaban J connectivity index is 1.72. The first kappa shape index (κ1) is 18.9. The Morgan fingerprint density at radius 2 is 2.04 bits per heavy atom. The molecule has 0 radical (unpaired) electrons. The number of benzene rings is 1. The summed E-state index contributed by atoms with van der Waals surface area (Å²) in [7, 11) is 0. The van der Waals surface area contributed by atoms with Crippen molar-refractivity contribution in [1.82, 2.24) is 9.88 Å². The Bertz CT molecular complexity index is 768. The molecule has 5 nitrogen and oxygen atoms in total. The lowest BCUT2D eigenvalue weighted by Crippen LogP contribution is -2.54. The summed E-state index contributed by atoms with van der Waals surface area (Å²) in [6.07, 6.45) is 0.972. The summed E-state index contributed by atoms with van der Waals surface area (Å²) in [5, 5.41) is 2.69. The van der Waals surface area contributed by atoms with E-state index in [0.29, 0.717) is 18.8 Å². The van der Waals surface area contributed by atoms with Gasteiger partial charge >= 0.3 is 0 Å². The number of rotatable bonds is 4. The fourth-order valence-corrected chi connectivity index (χ4v) is 3.96. The van der Waals surface area contributed by atoms with Crippen molar-refractivity contribution in [2.45, 2.75) is 46.3 Å². The molecule has 26 heavy (non-hydrogen) atoms. The first-order chi connectivity index (χ1) is 12.3. The number of nitrogens with zero attached hydrogens (tertiary/aromatic N) is 2. The Morgan fingerprint density at radius 1 is 1.35 bits per heavy atom. The highest BCUT2D eigenvalue weighted by Crippen LogP contribution is 2.30.